The Balaban J connectivity index is 2.18. The molecule has 0 spiro atoms. The molecule has 1 fully saturated rings. The molecule has 0 aromatic heterocycles. The fraction of sp³-hybridized carbons (Fsp3) is 0.579. The standard InChI is InChI=1S/C19H26O4S/c1-12(2)15-11-19(4)13(3)17(7-6-14(19)10-16(15)20)23-18(21)8-9-24(5)22/h8-10,13,15,17H,1,6-7,11H2,2-5H3/b9-8+. The number of esters is 1. The summed E-state index contributed by atoms with van der Waals surface area (Å²) in [6.07, 6.45) is 6.52. The maximum Gasteiger partial charge on any atom is 0.331 e. The van der Waals surface area contributed by atoms with E-state index in [2.05, 4.69) is 20.4 Å². The summed E-state index contributed by atoms with van der Waals surface area (Å²) in [5.74, 6) is -0.359. The van der Waals surface area contributed by atoms with E-state index in [0.29, 0.717) is 6.42 Å². The zero-order chi connectivity index (χ0) is 18.1. The molecule has 24 heavy (non-hydrogen) atoms. The Morgan fingerprint density at radius 2 is 2.17 bits per heavy atom. The number of fused-ring (bicyclic) bond motifs is 1. The molecule has 1 saturated carbocycles. The first-order valence-corrected chi connectivity index (χ1v) is 9.88. The Morgan fingerprint density at radius 3 is 2.75 bits per heavy atom. The number of ketones is 1. The Kier molecular flexibility index (Phi) is 5.63. The van der Waals surface area contributed by atoms with Crippen molar-refractivity contribution in [3.05, 3.63) is 35.3 Å². The third-order valence-electron chi connectivity index (χ3n) is 5.54. The van der Waals surface area contributed by atoms with Crippen molar-refractivity contribution in [3.8, 4) is 0 Å². The fourth-order valence-electron chi connectivity index (χ4n) is 3.80. The van der Waals surface area contributed by atoms with Gasteiger partial charge < -0.3 is 4.74 Å². The molecule has 5 atom stereocenters. The van der Waals surface area contributed by atoms with Gasteiger partial charge in [-0.25, -0.2) is 4.79 Å². The van der Waals surface area contributed by atoms with Gasteiger partial charge in [-0.2, -0.15) is 0 Å². The summed E-state index contributed by atoms with van der Waals surface area (Å²) in [7, 11) is -1.17. The van der Waals surface area contributed by atoms with E-state index in [4.69, 9.17) is 4.74 Å². The third-order valence-corrected chi connectivity index (χ3v) is 6.06. The van der Waals surface area contributed by atoms with E-state index in [1.165, 1.54) is 17.7 Å². The molecule has 0 amide bonds. The van der Waals surface area contributed by atoms with Crippen LogP contribution in [0.3, 0.4) is 0 Å². The Hall–Kier alpha value is -1.49. The first-order chi connectivity index (χ1) is 11.1. The van der Waals surface area contributed by atoms with E-state index in [0.717, 1.165) is 24.0 Å². The van der Waals surface area contributed by atoms with Crippen molar-refractivity contribution in [2.24, 2.45) is 17.3 Å². The number of carbonyl (C=O) groups excluding carboxylic acids is 2. The molecule has 0 heterocycles. The van der Waals surface area contributed by atoms with Crippen LogP contribution in [0, 0.1) is 17.3 Å². The number of rotatable bonds is 4. The van der Waals surface area contributed by atoms with Crippen LogP contribution in [0.1, 0.15) is 40.0 Å². The molecule has 2 aliphatic rings. The molecule has 5 heteroatoms. The molecule has 132 valence electrons. The minimum atomic E-state index is -1.17. The van der Waals surface area contributed by atoms with Crippen LogP contribution in [0.5, 0.6) is 0 Å². The normalized spacial score (nSPS) is 34.4. The summed E-state index contributed by atoms with van der Waals surface area (Å²) in [5.41, 5.74) is 1.88. The molecule has 0 bridgehead atoms. The second kappa shape index (κ2) is 7.18. The van der Waals surface area contributed by atoms with Gasteiger partial charge in [-0.3, -0.25) is 9.00 Å². The third kappa shape index (κ3) is 3.77. The van der Waals surface area contributed by atoms with Gasteiger partial charge in [-0.05, 0) is 37.7 Å². The minimum Gasteiger partial charge on any atom is -0.459 e. The van der Waals surface area contributed by atoms with E-state index in [1.807, 2.05) is 6.92 Å². The first-order valence-electron chi connectivity index (χ1n) is 8.26. The molecule has 0 saturated heterocycles. The van der Waals surface area contributed by atoms with E-state index in [-0.39, 0.29) is 29.1 Å². The van der Waals surface area contributed by atoms with Gasteiger partial charge in [0.05, 0.1) is 0 Å². The smallest absolute Gasteiger partial charge is 0.331 e. The van der Waals surface area contributed by atoms with E-state index in [1.54, 1.807) is 6.08 Å². The van der Waals surface area contributed by atoms with Gasteiger partial charge >= 0.3 is 5.97 Å². The molecule has 2 rings (SSSR count). The average molecular weight is 350 g/mol. The summed E-state index contributed by atoms with van der Waals surface area (Å²) < 4.78 is 16.6. The van der Waals surface area contributed by atoms with Gasteiger partial charge in [0.25, 0.3) is 0 Å². The zero-order valence-electron chi connectivity index (χ0n) is 14.8. The molecular weight excluding hydrogens is 324 g/mol. The second-order valence-electron chi connectivity index (χ2n) is 7.20. The number of hydrogen-bond donors (Lipinski definition) is 0. The maximum absolute atomic E-state index is 12.3. The summed E-state index contributed by atoms with van der Waals surface area (Å²) in [6, 6.07) is 0. The van der Waals surface area contributed by atoms with Crippen molar-refractivity contribution < 1.29 is 18.5 Å². The van der Waals surface area contributed by atoms with Gasteiger partial charge in [0.2, 0.25) is 0 Å². The number of carbonyl (C=O) groups is 2. The van der Waals surface area contributed by atoms with Crippen molar-refractivity contribution in [1.29, 1.82) is 0 Å². The number of hydrogen-bond acceptors (Lipinski definition) is 4. The maximum atomic E-state index is 12.3. The van der Waals surface area contributed by atoms with Gasteiger partial charge in [-0.15, -0.1) is 0 Å². The van der Waals surface area contributed by atoms with Gasteiger partial charge in [0.1, 0.15) is 6.10 Å². The quantitative estimate of drug-likeness (QED) is 0.443. The van der Waals surface area contributed by atoms with Crippen LogP contribution in [0.25, 0.3) is 0 Å². The highest BCUT2D eigenvalue weighted by atomic mass is 32.2. The Morgan fingerprint density at radius 1 is 1.50 bits per heavy atom. The highest BCUT2D eigenvalue weighted by Gasteiger charge is 2.48. The highest BCUT2D eigenvalue weighted by Crippen LogP contribution is 2.52. The number of allylic oxidation sites excluding steroid dienone is 3. The van der Waals surface area contributed by atoms with Crippen LogP contribution < -0.4 is 0 Å². The Bertz CT molecular complexity index is 646. The van der Waals surface area contributed by atoms with Crippen LogP contribution in [-0.4, -0.2) is 28.3 Å². The summed E-state index contributed by atoms with van der Waals surface area (Å²) in [6.45, 7) is 10.1. The van der Waals surface area contributed by atoms with E-state index in [9.17, 15) is 13.8 Å². The topological polar surface area (TPSA) is 60.4 Å². The van der Waals surface area contributed by atoms with Gasteiger partial charge in [0.15, 0.2) is 5.78 Å². The lowest BCUT2D eigenvalue weighted by Gasteiger charge is -2.49. The van der Waals surface area contributed by atoms with Crippen LogP contribution >= 0.6 is 0 Å². The minimum absolute atomic E-state index is 0.108. The van der Waals surface area contributed by atoms with Crippen LogP contribution in [0.15, 0.2) is 35.3 Å². The van der Waals surface area contributed by atoms with Crippen molar-refractivity contribution >= 4 is 22.6 Å². The molecule has 4 nitrogen and oxygen atoms in total. The predicted molar refractivity (Wildman–Crippen MR) is 95.6 cm³/mol. The molecule has 5 unspecified atom stereocenters. The summed E-state index contributed by atoms with van der Waals surface area (Å²) in [4.78, 5) is 24.2. The fourth-order valence-corrected chi connectivity index (χ4v) is 4.11. The predicted octanol–water partition coefficient (Wildman–Crippen LogP) is 3.32. The van der Waals surface area contributed by atoms with Gasteiger partial charge in [-0.1, -0.05) is 31.6 Å². The van der Waals surface area contributed by atoms with Crippen molar-refractivity contribution in [2.45, 2.75) is 46.1 Å². The number of ether oxygens (including phenoxy) is 1. The molecule has 0 aromatic carbocycles. The molecule has 0 radical (unpaired) electrons. The van der Waals surface area contributed by atoms with Crippen molar-refractivity contribution in [2.75, 3.05) is 6.26 Å². The molecule has 0 aliphatic heterocycles. The monoisotopic (exact) mass is 350 g/mol. The average Bonchev–Trinajstić information content (AvgIpc) is 2.49. The molecule has 0 aromatic rings. The molecule has 2 aliphatic carbocycles. The lowest BCUT2D eigenvalue weighted by molar-refractivity contribution is -0.150. The van der Waals surface area contributed by atoms with E-state index < -0.39 is 16.8 Å². The largest absolute Gasteiger partial charge is 0.459 e. The summed E-state index contributed by atoms with van der Waals surface area (Å²) in [5, 5.41) is 1.33. The highest BCUT2D eigenvalue weighted by molar-refractivity contribution is 7.87. The lowest BCUT2D eigenvalue weighted by Crippen LogP contribution is -2.46. The van der Waals surface area contributed by atoms with Crippen LogP contribution in [0.4, 0.5) is 0 Å². The second-order valence-corrected chi connectivity index (χ2v) is 8.47. The molecular formula is C19H26O4S. The van der Waals surface area contributed by atoms with Crippen LogP contribution in [-0.2, 0) is 25.1 Å². The zero-order valence-corrected chi connectivity index (χ0v) is 15.7. The van der Waals surface area contributed by atoms with Crippen molar-refractivity contribution in [1.82, 2.24) is 0 Å². The SMILES string of the molecule is C=C(C)C1CC2(C)C(=CC1=O)CCC(OC(=O)/C=C/S(C)=O)C2C. The van der Waals surface area contributed by atoms with Crippen molar-refractivity contribution in [3.63, 3.8) is 0 Å². The first kappa shape index (κ1) is 18.8. The lowest BCUT2D eigenvalue weighted by atomic mass is 9.57. The summed E-state index contributed by atoms with van der Waals surface area (Å²) >= 11 is 0. The molecule has 0 N–H and O–H groups in total. The van der Waals surface area contributed by atoms with Crippen LogP contribution in [0.2, 0.25) is 0 Å². The van der Waals surface area contributed by atoms with E-state index >= 15 is 0 Å². The van der Waals surface area contributed by atoms with Gasteiger partial charge in [0, 0.05) is 40.4 Å². The Labute approximate surface area is 146 Å².